The first-order chi connectivity index (χ1) is 7.08. The third-order valence-electron chi connectivity index (χ3n) is 2.12. The van der Waals surface area contributed by atoms with E-state index in [0.717, 1.165) is 25.3 Å². The highest BCUT2D eigenvalue weighted by molar-refractivity contribution is 7.09. The number of nitrogens with zero attached hydrogens (tertiary/aromatic N) is 2. The molecule has 1 aromatic heterocycles. The Morgan fingerprint density at radius 1 is 1.53 bits per heavy atom. The van der Waals surface area contributed by atoms with Gasteiger partial charge >= 0.3 is 0 Å². The zero-order chi connectivity index (χ0) is 11.3. The SMILES string of the molecule is Cc1csc(CN(C)CCNC(C)C)n1. The Kier molecular flexibility index (Phi) is 5.22. The zero-order valence-electron chi connectivity index (χ0n) is 10.1. The Morgan fingerprint density at radius 2 is 2.27 bits per heavy atom. The van der Waals surface area contributed by atoms with Crippen LogP contribution in [0.4, 0.5) is 0 Å². The summed E-state index contributed by atoms with van der Waals surface area (Å²) in [5.41, 5.74) is 1.13. The van der Waals surface area contributed by atoms with E-state index < -0.39 is 0 Å². The van der Waals surface area contributed by atoms with E-state index in [4.69, 9.17) is 0 Å². The summed E-state index contributed by atoms with van der Waals surface area (Å²) in [5.74, 6) is 0. The lowest BCUT2D eigenvalue weighted by Crippen LogP contribution is -2.32. The van der Waals surface area contributed by atoms with E-state index in [1.807, 2.05) is 6.92 Å². The van der Waals surface area contributed by atoms with E-state index in [1.54, 1.807) is 11.3 Å². The number of nitrogens with one attached hydrogen (secondary N) is 1. The number of rotatable bonds is 6. The topological polar surface area (TPSA) is 28.2 Å². The van der Waals surface area contributed by atoms with Crippen molar-refractivity contribution in [2.24, 2.45) is 0 Å². The molecular weight excluding hydrogens is 206 g/mol. The average molecular weight is 227 g/mol. The molecule has 3 nitrogen and oxygen atoms in total. The van der Waals surface area contributed by atoms with E-state index >= 15 is 0 Å². The predicted octanol–water partition coefficient (Wildman–Crippen LogP) is 1.88. The summed E-state index contributed by atoms with van der Waals surface area (Å²) in [5, 5.41) is 6.72. The third kappa shape index (κ3) is 5.25. The molecule has 0 saturated heterocycles. The Morgan fingerprint density at radius 3 is 2.80 bits per heavy atom. The molecule has 0 aliphatic carbocycles. The number of likely N-dealkylation sites (N-methyl/N-ethyl adjacent to an activating group) is 1. The summed E-state index contributed by atoms with van der Waals surface area (Å²) in [4.78, 5) is 6.75. The molecule has 1 rings (SSSR count). The van der Waals surface area contributed by atoms with Crippen LogP contribution in [0.5, 0.6) is 0 Å². The zero-order valence-corrected chi connectivity index (χ0v) is 10.9. The second-order valence-electron chi connectivity index (χ2n) is 4.23. The molecule has 0 unspecified atom stereocenters. The Labute approximate surface area is 96.5 Å². The monoisotopic (exact) mass is 227 g/mol. The van der Waals surface area contributed by atoms with Gasteiger partial charge in [0, 0.05) is 30.2 Å². The van der Waals surface area contributed by atoms with E-state index in [-0.39, 0.29) is 0 Å². The van der Waals surface area contributed by atoms with Gasteiger partial charge in [0.25, 0.3) is 0 Å². The highest BCUT2D eigenvalue weighted by Crippen LogP contribution is 2.10. The normalized spacial score (nSPS) is 11.6. The summed E-state index contributed by atoms with van der Waals surface area (Å²) >= 11 is 1.74. The van der Waals surface area contributed by atoms with Crippen molar-refractivity contribution in [2.75, 3.05) is 20.1 Å². The number of hydrogen-bond acceptors (Lipinski definition) is 4. The van der Waals surface area contributed by atoms with Crippen LogP contribution in [0, 0.1) is 6.92 Å². The van der Waals surface area contributed by atoms with Gasteiger partial charge in [0.2, 0.25) is 0 Å². The number of aryl methyl sites for hydroxylation is 1. The molecule has 0 atom stereocenters. The van der Waals surface area contributed by atoms with Crippen molar-refractivity contribution in [2.45, 2.75) is 33.4 Å². The first-order valence-electron chi connectivity index (χ1n) is 5.41. The predicted molar refractivity (Wildman–Crippen MR) is 66.3 cm³/mol. The van der Waals surface area contributed by atoms with Gasteiger partial charge in [-0.25, -0.2) is 4.98 Å². The minimum Gasteiger partial charge on any atom is -0.313 e. The molecule has 0 aliphatic heterocycles. The molecule has 0 aromatic carbocycles. The summed E-state index contributed by atoms with van der Waals surface area (Å²) in [6.07, 6.45) is 0. The van der Waals surface area contributed by atoms with Gasteiger partial charge in [-0.05, 0) is 14.0 Å². The van der Waals surface area contributed by atoms with Gasteiger partial charge in [-0.2, -0.15) is 0 Å². The molecular formula is C11H21N3S. The number of thiazole rings is 1. The maximum Gasteiger partial charge on any atom is 0.107 e. The van der Waals surface area contributed by atoms with Gasteiger partial charge in [-0.3, -0.25) is 4.90 Å². The van der Waals surface area contributed by atoms with Crippen molar-refractivity contribution >= 4 is 11.3 Å². The second-order valence-corrected chi connectivity index (χ2v) is 5.17. The lowest BCUT2D eigenvalue weighted by Gasteiger charge is -2.16. The summed E-state index contributed by atoms with van der Waals surface area (Å²) < 4.78 is 0. The van der Waals surface area contributed by atoms with Crippen LogP contribution in [-0.2, 0) is 6.54 Å². The van der Waals surface area contributed by atoms with Gasteiger partial charge in [0.1, 0.15) is 5.01 Å². The van der Waals surface area contributed by atoms with Crippen molar-refractivity contribution in [3.05, 3.63) is 16.1 Å². The molecule has 1 heterocycles. The van der Waals surface area contributed by atoms with E-state index in [2.05, 4.69) is 41.5 Å². The van der Waals surface area contributed by atoms with Crippen LogP contribution in [0.3, 0.4) is 0 Å². The number of aromatic nitrogens is 1. The van der Waals surface area contributed by atoms with E-state index in [1.165, 1.54) is 5.01 Å². The maximum atomic E-state index is 4.45. The van der Waals surface area contributed by atoms with Crippen LogP contribution in [0.2, 0.25) is 0 Å². The fraction of sp³-hybridized carbons (Fsp3) is 0.727. The molecule has 1 aromatic rings. The maximum absolute atomic E-state index is 4.45. The molecule has 0 spiro atoms. The van der Waals surface area contributed by atoms with Crippen molar-refractivity contribution in [3.63, 3.8) is 0 Å². The van der Waals surface area contributed by atoms with Gasteiger partial charge in [-0.1, -0.05) is 13.8 Å². The van der Waals surface area contributed by atoms with Gasteiger partial charge in [0.05, 0.1) is 6.54 Å². The highest BCUT2D eigenvalue weighted by atomic mass is 32.1. The smallest absolute Gasteiger partial charge is 0.107 e. The van der Waals surface area contributed by atoms with Crippen LogP contribution in [0.15, 0.2) is 5.38 Å². The number of hydrogen-bond donors (Lipinski definition) is 1. The molecule has 15 heavy (non-hydrogen) atoms. The highest BCUT2D eigenvalue weighted by Gasteiger charge is 2.03. The van der Waals surface area contributed by atoms with Gasteiger partial charge < -0.3 is 5.32 Å². The second kappa shape index (κ2) is 6.20. The minimum atomic E-state index is 0.570. The fourth-order valence-electron chi connectivity index (χ4n) is 1.33. The summed E-state index contributed by atoms with van der Waals surface area (Å²) in [7, 11) is 2.14. The Balaban J connectivity index is 2.21. The van der Waals surface area contributed by atoms with Gasteiger partial charge in [-0.15, -0.1) is 11.3 Å². The molecule has 0 aliphatic rings. The summed E-state index contributed by atoms with van der Waals surface area (Å²) in [6.45, 7) is 9.45. The largest absolute Gasteiger partial charge is 0.313 e. The molecule has 86 valence electrons. The van der Waals surface area contributed by atoms with Gasteiger partial charge in [0.15, 0.2) is 0 Å². The molecule has 0 radical (unpaired) electrons. The Bertz CT molecular complexity index is 283. The molecule has 0 fully saturated rings. The van der Waals surface area contributed by atoms with Crippen LogP contribution in [0.25, 0.3) is 0 Å². The van der Waals surface area contributed by atoms with Crippen LogP contribution < -0.4 is 5.32 Å². The Hall–Kier alpha value is -0.450. The van der Waals surface area contributed by atoms with Crippen LogP contribution in [-0.4, -0.2) is 36.1 Å². The summed E-state index contributed by atoms with van der Waals surface area (Å²) in [6, 6.07) is 0.570. The standard InChI is InChI=1S/C11H21N3S/c1-9(2)12-5-6-14(4)7-11-13-10(3)8-15-11/h8-9,12H,5-7H2,1-4H3. The third-order valence-corrected chi connectivity index (χ3v) is 3.07. The fourth-order valence-corrected chi connectivity index (χ4v) is 2.18. The first kappa shape index (κ1) is 12.6. The van der Waals surface area contributed by atoms with Crippen LogP contribution >= 0.6 is 11.3 Å². The van der Waals surface area contributed by atoms with E-state index in [9.17, 15) is 0 Å². The quantitative estimate of drug-likeness (QED) is 0.804. The first-order valence-corrected chi connectivity index (χ1v) is 6.29. The van der Waals surface area contributed by atoms with Crippen molar-refractivity contribution < 1.29 is 0 Å². The van der Waals surface area contributed by atoms with Crippen molar-refractivity contribution in [1.29, 1.82) is 0 Å². The molecule has 0 amide bonds. The van der Waals surface area contributed by atoms with Crippen molar-refractivity contribution in [1.82, 2.24) is 15.2 Å². The molecule has 1 N–H and O–H groups in total. The molecule has 0 bridgehead atoms. The molecule has 4 heteroatoms. The minimum absolute atomic E-state index is 0.570. The molecule has 0 saturated carbocycles. The average Bonchev–Trinajstić information content (AvgIpc) is 2.50. The lowest BCUT2D eigenvalue weighted by molar-refractivity contribution is 0.319. The lowest BCUT2D eigenvalue weighted by atomic mass is 10.4. The van der Waals surface area contributed by atoms with Crippen LogP contribution in [0.1, 0.15) is 24.5 Å². The van der Waals surface area contributed by atoms with Crippen molar-refractivity contribution in [3.8, 4) is 0 Å². The van der Waals surface area contributed by atoms with E-state index in [0.29, 0.717) is 6.04 Å².